The zero-order valence-electron chi connectivity index (χ0n) is 12.2. The van der Waals surface area contributed by atoms with Gasteiger partial charge in [0.25, 0.3) is 5.91 Å². The highest BCUT2D eigenvalue weighted by Crippen LogP contribution is 2.37. The number of halogens is 1. The fourth-order valence-electron chi connectivity index (χ4n) is 2.38. The largest absolute Gasteiger partial charge is 0.399 e. The number of thiazole rings is 1. The van der Waals surface area contributed by atoms with E-state index in [0.717, 1.165) is 20.3 Å². The Balaban J connectivity index is 1.69. The number of nitrogens with two attached hydrogens (primary N) is 2. The van der Waals surface area contributed by atoms with E-state index >= 15 is 0 Å². The fraction of sp³-hybridized carbons (Fsp3) is 0. The van der Waals surface area contributed by atoms with Gasteiger partial charge in [-0.05, 0) is 36.4 Å². The highest BCUT2D eigenvalue weighted by atomic mass is 35.5. The Morgan fingerprint density at radius 3 is 2.62 bits per heavy atom. The van der Waals surface area contributed by atoms with E-state index < -0.39 is 0 Å². The predicted molar refractivity (Wildman–Crippen MR) is 103 cm³/mol. The molecular weight excluding hydrogens is 364 g/mol. The van der Waals surface area contributed by atoms with Crippen LogP contribution in [-0.4, -0.2) is 10.9 Å². The molecular formula is C16H11ClN4OS2. The molecule has 0 aliphatic carbocycles. The van der Waals surface area contributed by atoms with Gasteiger partial charge in [-0.2, -0.15) is 0 Å². The van der Waals surface area contributed by atoms with Crippen LogP contribution in [0.2, 0.25) is 5.02 Å². The van der Waals surface area contributed by atoms with Gasteiger partial charge in [0.05, 0.1) is 15.2 Å². The Kier molecular flexibility index (Phi) is 3.56. The zero-order chi connectivity index (χ0) is 16.8. The summed E-state index contributed by atoms with van der Waals surface area (Å²) in [5.41, 5.74) is 13.6. The number of anilines is 3. The number of aromatic nitrogens is 1. The second-order valence-electron chi connectivity index (χ2n) is 5.20. The van der Waals surface area contributed by atoms with Crippen LogP contribution in [0.5, 0.6) is 0 Å². The molecule has 5 nitrogen and oxygen atoms in total. The molecule has 0 aliphatic heterocycles. The first-order valence-corrected chi connectivity index (χ1v) is 8.97. The molecule has 1 amide bonds. The molecule has 0 unspecified atom stereocenters. The zero-order valence-corrected chi connectivity index (χ0v) is 14.6. The minimum atomic E-state index is -0.285. The molecule has 0 saturated carbocycles. The number of fused-ring (bicyclic) bond motifs is 2. The molecule has 0 atom stereocenters. The standard InChI is InChI=1S/C16H11ClN4OS2/c17-13-9-3-1-8(19)6-12(9)23-14(13)15(22)21-16-20-10-5-7(18)2-4-11(10)24-16/h1-6H,18-19H2,(H,20,21,22). The molecule has 0 aliphatic rings. The van der Waals surface area contributed by atoms with Gasteiger partial charge in [0, 0.05) is 21.5 Å². The molecule has 2 heterocycles. The van der Waals surface area contributed by atoms with Crippen molar-refractivity contribution in [1.29, 1.82) is 0 Å². The van der Waals surface area contributed by atoms with Crippen LogP contribution in [0.3, 0.4) is 0 Å². The van der Waals surface area contributed by atoms with E-state index in [1.807, 2.05) is 18.2 Å². The van der Waals surface area contributed by atoms with Crippen molar-refractivity contribution in [3.63, 3.8) is 0 Å². The minimum Gasteiger partial charge on any atom is -0.399 e. The SMILES string of the molecule is Nc1ccc2sc(NC(=O)c3sc4cc(N)ccc4c3Cl)nc2c1. The third-order valence-corrected chi connectivity index (χ3v) is 6.10. The number of rotatable bonds is 2. The van der Waals surface area contributed by atoms with Crippen molar-refractivity contribution in [3.8, 4) is 0 Å². The van der Waals surface area contributed by atoms with Crippen LogP contribution in [0, 0.1) is 0 Å². The lowest BCUT2D eigenvalue weighted by Crippen LogP contribution is -2.10. The fourth-order valence-corrected chi connectivity index (χ4v) is 4.68. The van der Waals surface area contributed by atoms with E-state index in [1.54, 1.807) is 18.2 Å². The van der Waals surface area contributed by atoms with Crippen LogP contribution >= 0.6 is 34.3 Å². The maximum atomic E-state index is 12.6. The quantitative estimate of drug-likeness (QED) is 0.447. The number of nitrogens with zero attached hydrogens (tertiary/aromatic N) is 1. The van der Waals surface area contributed by atoms with Crippen LogP contribution in [0.1, 0.15) is 9.67 Å². The molecule has 24 heavy (non-hydrogen) atoms. The number of benzene rings is 2. The number of hydrogen-bond donors (Lipinski definition) is 3. The summed E-state index contributed by atoms with van der Waals surface area (Å²) in [4.78, 5) is 17.4. The third kappa shape index (κ3) is 2.56. The number of nitrogen functional groups attached to an aromatic ring is 2. The maximum Gasteiger partial charge on any atom is 0.269 e. The van der Waals surface area contributed by atoms with Crippen molar-refractivity contribution in [1.82, 2.24) is 4.98 Å². The van der Waals surface area contributed by atoms with Crippen molar-refractivity contribution in [2.45, 2.75) is 0 Å². The number of carbonyl (C=O) groups excluding carboxylic acids is 1. The van der Waals surface area contributed by atoms with Gasteiger partial charge in [-0.15, -0.1) is 11.3 Å². The average molecular weight is 375 g/mol. The summed E-state index contributed by atoms with van der Waals surface area (Å²) < 4.78 is 1.83. The molecule has 2 aromatic heterocycles. The van der Waals surface area contributed by atoms with E-state index in [9.17, 15) is 4.79 Å². The first kappa shape index (κ1) is 15.2. The molecule has 5 N–H and O–H groups in total. The normalized spacial score (nSPS) is 11.2. The molecule has 0 spiro atoms. The van der Waals surface area contributed by atoms with Gasteiger partial charge >= 0.3 is 0 Å². The van der Waals surface area contributed by atoms with Crippen LogP contribution in [0.25, 0.3) is 20.3 Å². The monoisotopic (exact) mass is 374 g/mol. The van der Waals surface area contributed by atoms with Crippen molar-refractivity contribution >= 4 is 77.0 Å². The summed E-state index contributed by atoms with van der Waals surface area (Å²) in [6.45, 7) is 0. The van der Waals surface area contributed by atoms with E-state index in [0.29, 0.717) is 26.4 Å². The highest BCUT2D eigenvalue weighted by molar-refractivity contribution is 7.23. The number of hydrogen-bond acceptors (Lipinski definition) is 6. The highest BCUT2D eigenvalue weighted by Gasteiger charge is 2.18. The average Bonchev–Trinajstić information content (AvgIpc) is 3.07. The molecule has 0 saturated heterocycles. The van der Waals surface area contributed by atoms with Crippen LogP contribution in [-0.2, 0) is 0 Å². The van der Waals surface area contributed by atoms with Gasteiger partial charge in [-0.3, -0.25) is 10.1 Å². The number of amides is 1. The van der Waals surface area contributed by atoms with Crippen LogP contribution in [0.4, 0.5) is 16.5 Å². The van der Waals surface area contributed by atoms with E-state index in [2.05, 4.69) is 10.3 Å². The molecule has 4 aromatic rings. The smallest absolute Gasteiger partial charge is 0.269 e. The Labute approximate surface area is 149 Å². The first-order chi connectivity index (χ1) is 11.5. The van der Waals surface area contributed by atoms with Crippen LogP contribution in [0.15, 0.2) is 36.4 Å². The second kappa shape index (κ2) is 5.62. The third-order valence-electron chi connectivity index (χ3n) is 3.49. The van der Waals surface area contributed by atoms with Gasteiger partial charge in [0.2, 0.25) is 0 Å². The maximum absolute atomic E-state index is 12.6. The van der Waals surface area contributed by atoms with Gasteiger partial charge in [0.1, 0.15) is 4.88 Å². The minimum absolute atomic E-state index is 0.285. The molecule has 8 heteroatoms. The van der Waals surface area contributed by atoms with E-state index in [1.165, 1.54) is 22.7 Å². The summed E-state index contributed by atoms with van der Waals surface area (Å²) in [7, 11) is 0. The summed E-state index contributed by atoms with van der Waals surface area (Å²) in [6, 6.07) is 10.9. The first-order valence-electron chi connectivity index (χ1n) is 6.96. The van der Waals surface area contributed by atoms with Crippen molar-refractivity contribution in [2.75, 3.05) is 16.8 Å². The van der Waals surface area contributed by atoms with Crippen molar-refractivity contribution < 1.29 is 4.79 Å². The topological polar surface area (TPSA) is 94.0 Å². The summed E-state index contributed by atoms with van der Waals surface area (Å²) in [5, 5.41) is 4.56. The summed E-state index contributed by atoms with van der Waals surface area (Å²) in [6.07, 6.45) is 0. The predicted octanol–water partition coefficient (Wildman–Crippen LogP) is 4.58. The van der Waals surface area contributed by atoms with E-state index in [4.69, 9.17) is 23.1 Å². The van der Waals surface area contributed by atoms with Crippen LogP contribution < -0.4 is 16.8 Å². The van der Waals surface area contributed by atoms with Gasteiger partial charge in [-0.25, -0.2) is 4.98 Å². The Morgan fingerprint density at radius 1 is 1.04 bits per heavy atom. The second-order valence-corrected chi connectivity index (χ2v) is 7.66. The number of thiophene rings is 1. The Bertz CT molecular complexity index is 1100. The Hall–Kier alpha value is -2.35. The Morgan fingerprint density at radius 2 is 1.79 bits per heavy atom. The van der Waals surface area contributed by atoms with Crippen molar-refractivity contribution in [3.05, 3.63) is 46.3 Å². The number of carbonyl (C=O) groups is 1. The molecule has 4 rings (SSSR count). The van der Waals surface area contributed by atoms with E-state index in [-0.39, 0.29) is 5.91 Å². The molecule has 120 valence electrons. The molecule has 0 bridgehead atoms. The van der Waals surface area contributed by atoms with Gasteiger partial charge < -0.3 is 11.5 Å². The van der Waals surface area contributed by atoms with Gasteiger partial charge in [-0.1, -0.05) is 22.9 Å². The van der Waals surface area contributed by atoms with Crippen molar-refractivity contribution in [2.24, 2.45) is 0 Å². The van der Waals surface area contributed by atoms with Gasteiger partial charge in [0.15, 0.2) is 5.13 Å². The molecule has 2 aromatic carbocycles. The molecule has 0 radical (unpaired) electrons. The lowest BCUT2D eigenvalue weighted by Gasteiger charge is -1.98. The summed E-state index contributed by atoms with van der Waals surface area (Å²) >= 11 is 9.04. The lowest BCUT2D eigenvalue weighted by atomic mass is 10.2. The summed E-state index contributed by atoms with van der Waals surface area (Å²) in [5.74, 6) is -0.285. The number of nitrogens with one attached hydrogen (secondary N) is 1. The molecule has 0 fully saturated rings. The lowest BCUT2D eigenvalue weighted by molar-refractivity contribution is 0.103.